The summed E-state index contributed by atoms with van der Waals surface area (Å²) in [4.78, 5) is 32.0. The Balaban J connectivity index is 1.59. The Labute approximate surface area is 185 Å². The monoisotopic (exact) mass is 437 g/mol. The van der Waals surface area contributed by atoms with Gasteiger partial charge in [0.05, 0.1) is 41.4 Å². The van der Waals surface area contributed by atoms with Gasteiger partial charge in [-0.25, -0.2) is 0 Å². The Kier molecular flexibility index (Phi) is 5.84. The minimum Gasteiger partial charge on any atom is -0.473 e. The number of hydrogen-bond acceptors (Lipinski definition) is 6. The lowest BCUT2D eigenvalue weighted by molar-refractivity contribution is 0.0323. The van der Waals surface area contributed by atoms with Crippen molar-refractivity contribution in [2.24, 2.45) is 0 Å². The van der Waals surface area contributed by atoms with Crippen LogP contribution in [0, 0.1) is 0 Å². The first-order valence-electron chi connectivity index (χ1n) is 10.6. The fourth-order valence-electron chi connectivity index (χ4n) is 4.08. The Morgan fingerprint density at radius 2 is 1.91 bits per heavy atom. The Hall–Kier alpha value is -3.46. The van der Waals surface area contributed by atoms with Crippen LogP contribution in [0.2, 0.25) is 0 Å². The molecule has 2 atom stereocenters. The maximum absolute atomic E-state index is 13.5. The van der Waals surface area contributed by atoms with Gasteiger partial charge in [-0.3, -0.25) is 9.59 Å². The van der Waals surface area contributed by atoms with Gasteiger partial charge in [-0.15, -0.1) is 0 Å². The molecule has 0 aliphatic carbocycles. The summed E-state index contributed by atoms with van der Waals surface area (Å²) in [6.07, 6.45) is 5.76. The number of pyridine rings is 1. The number of rotatable bonds is 5. The van der Waals surface area contributed by atoms with Gasteiger partial charge in [0.2, 0.25) is 5.88 Å². The van der Waals surface area contributed by atoms with E-state index in [9.17, 15) is 14.7 Å². The first-order valence-corrected chi connectivity index (χ1v) is 10.6. The predicted octanol–water partition coefficient (Wildman–Crippen LogP) is 2.26. The van der Waals surface area contributed by atoms with E-state index in [1.165, 1.54) is 17.1 Å². The molecule has 0 bridgehead atoms. The fraction of sp³-hybridized carbons (Fsp3) is 0.391. The third kappa shape index (κ3) is 4.29. The van der Waals surface area contributed by atoms with Crippen molar-refractivity contribution in [2.75, 3.05) is 6.54 Å². The van der Waals surface area contributed by atoms with Crippen molar-refractivity contribution in [3.05, 3.63) is 70.3 Å². The molecule has 1 fully saturated rings. The summed E-state index contributed by atoms with van der Waals surface area (Å²) in [5, 5.41) is 18.8. The summed E-state index contributed by atoms with van der Waals surface area (Å²) in [6, 6.07) is 8.60. The van der Waals surface area contributed by atoms with Crippen LogP contribution in [0.5, 0.6) is 5.88 Å². The van der Waals surface area contributed by atoms with Gasteiger partial charge in [-0.2, -0.15) is 15.0 Å². The van der Waals surface area contributed by atoms with Crippen LogP contribution in [0.25, 0.3) is 5.69 Å². The molecular weight excluding hydrogens is 410 g/mol. The van der Waals surface area contributed by atoms with E-state index in [1.54, 1.807) is 43.3 Å². The minimum absolute atomic E-state index is 0.0181. The van der Waals surface area contributed by atoms with Gasteiger partial charge >= 0.3 is 0 Å². The first kappa shape index (κ1) is 21.8. The van der Waals surface area contributed by atoms with Gasteiger partial charge in [0.15, 0.2) is 5.43 Å². The molecule has 0 saturated carbocycles. The molecule has 0 unspecified atom stereocenters. The number of piperidine rings is 1. The molecule has 1 saturated heterocycles. The van der Waals surface area contributed by atoms with Crippen LogP contribution >= 0.6 is 0 Å². The lowest BCUT2D eigenvalue weighted by Gasteiger charge is -2.38. The fourth-order valence-corrected chi connectivity index (χ4v) is 4.08. The van der Waals surface area contributed by atoms with E-state index >= 15 is 0 Å². The van der Waals surface area contributed by atoms with Crippen LogP contribution in [-0.4, -0.2) is 54.6 Å². The number of nitrogens with one attached hydrogen (secondary N) is 1. The second-order valence-corrected chi connectivity index (χ2v) is 8.56. The zero-order chi connectivity index (χ0) is 22.9. The number of aromatic amines is 1. The van der Waals surface area contributed by atoms with E-state index in [-0.39, 0.29) is 34.9 Å². The van der Waals surface area contributed by atoms with Crippen molar-refractivity contribution in [1.82, 2.24) is 24.9 Å². The van der Waals surface area contributed by atoms with E-state index in [1.807, 2.05) is 19.1 Å². The average molecular weight is 438 g/mol. The van der Waals surface area contributed by atoms with Gasteiger partial charge in [0, 0.05) is 18.3 Å². The number of carbonyl (C=O) groups is 1. The Bertz CT molecular complexity index is 1150. The van der Waals surface area contributed by atoms with Crippen molar-refractivity contribution in [1.29, 1.82) is 0 Å². The van der Waals surface area contributed by atoms with Crippen LogP contribution in [-0.2, 0) is 5.60 Å². The molecule has 1 aliphatic heterocycles. The molecule has 9 heteroatoms. The van der Waals surface area contributed by atoms with E-state index in [4.69, 9.17) is 4.74 Å². The van der Waals surface area contributed by atoms with Crippen LogP contribution < -0.4 is 10.2 Å². The highest BCUT2D eigenvalue weighted by atomic mass is 16.5. The van der Waals surface area contributed by atoms with Crippen LogP contribution in [0.15, 0.2) is 53.7 Å². The maximum atomic E-state index is 13.5. The van der Waals surface area contributed by atoms with Crippen molar-refractivity contribution >= 4 is 5.91 Å². The Morgan fingerprint density at radius 1 is 1.19 bits per heavy atom. The predicted molar refractivity (Wildman–Crippen MR) is 118 cm³/mol. The molecule has 0 spiro atoms. The maximum Gasteiger partial charge on any atom is 0.256 e. The number of H-pyrrole nitrogens is 1. The summed E-state index contributed by atoms with van der Waals surface area (Å²) in [6.45, 7) is 5.45. The van der Waals surface area contributed by atoms with E-state index in [0.717, 1.165) is 12.8 Å². The van der Waals surface area contributed by atoms with E-state index < -0.39 is 5.60 Å². The number of aromatic nitrogens is 4. The summed E-state index contributed by atoms with van der Waals surface area (Å²) in [7, 11) is 0. The summed E-state index contributed by atoms with van der Waals surface area (Å²) in [5.74, 6) is 0.0982. The van der Waals surface area contributed by atoms with Crippen molar-refractivity contribution in [3.63, 3.8) is 0 Å². The van der Waals surface area contributed by atoms with Gasteiger partial charge in [0.25, 0.3) is 5.91 Å². The minimum atomic E-state index is -1.36. The molecule has 2 N–H and O–H groups in total. The Morgan fingerprint density at radius 3 is 2.62 bits per heavy atom. The van der Waals surface area contributed by atoms with E-state index in [0.29, 0.717) is 17.8 Å². The quantitative estimate of drug-likeness (QED) is 0.633. The number of likely N-dealkylation sites (tertiary alicyclic amines) is 1. The number of hydrogen-bond donors (Lipinski definition) is 2. The number of benzene rings is 1. The SMILES string of the molecule is C[C@@H]1CC[C@@H](Oc2[nH]ccc(=O)c2C(C)(C)O)CN1C(=O)c1ccccc1-n1nccn1. The molecule has 1 amide bonds. The molecule has 0 radical (unpaired) electrons. The number of para-hydroxylation sites is 1. The summed E-state index contributed by atoms with van der Waals surface area (Å²) < 4.78 is 6.12. The standard InChI is InChI=1S/C23H27N5O4/c1-15-8-9-16(32-21-20(23(2,3)31)19(29)10-11-24-21)14-27(15)22(30)17-6-4-5-7-18(17)28-25-12-13-26-28/h4-7,10-13,15-16,31H,8-9,14H2,1-3H3,(H,24,29)/t15-,16-/m1/s1. The number of amides is 1. The summed E-state index contributed by atoms with van der Waals surface area (Å²) >= 11 is 0. The zero-order valence-electron chi connectivity index (χ0n) is 18.4. The van der Waals surface area contributed by atoms with Crippen molar-refractivity contribution < 1.29 is 14.6 Å². The van der Waals surface area contributed by atoms with Gasteiger partial charge in [-0.05, 0) is 45.7 Å². The number of aliphatic hydroxyl groups is 1. The smallest absolute Gasteiger partial charge is 0.256 e. The molecular formula is C23H27N5O4. The normalized spacial score (nSPS) is 19.1. The third-order valence-corrected chi connectivity index (χ3v) is 5.69. The lowest BCUT2D eigenvalue weighted by atomic mass is 9.98. The largest absolute Gasteiger partial charge is 0.473 e. The molecule has 3 aromatic rings. The molecule has 32 heavy (non-hydrogen) atoms. The number of carbonyl (C=O) groups excluding carboxylic acids is 1. The molecule has 4 rings (SSSR count). The van der Waals surface area contributed by atoms with Gasteiger partial charge in [-0.1, -0.05) is 12.1 Å². The van der Waals surface area contributed by atoms with Gasteiger partial charge < -0.3 is 19.7 Å². The average Bonchev–Trinajstić information content (AvgIpc) is 3.28. The second kappa shape index (κ2) is 8.58. The van der Waals surface area contributed by atoms with Crippen LogP contribution in [0.4, 0.5) is 0 Å². The second-order valence-electron chi connectivity index (χ2n) is 8.56. The lowest BCUT2D eigenvalue weighted by Crippen LogP contribution is -2.49. The summed E-state index contributed by atoms with van der Waals surface area (Å²) in [5.41, 5.74) is -0.385. The van der Waals surface area contributed by atoms with Gasteiger partial charge in [0.1, 0.15) is 6.10 Å². The first-order chi connectivity index (χ1) is 15.3. The number of ether oxygens (including phenoxy) is 1. The highest BCUT2D eigenvalue weighted by Crippen LogP contribution is 2.28. The molecule has 1 aromatic carbocycles. The van der Waals surface area contributed by atoms with Crippen molar-refractivity contribution in [2.45, 2.75) is 51.4 Å². The zero-order valence-corrected chi connectivity index (χ0v) is 18.4. The highest BCUT2D eigenvalue weighted by molar-refractivity contribution is 5.98. The van der Waals surface area contributed by atoms with Crippen LogP contribution in [0.3, 0.4) is 0 Å². The highest BCUT2D eigenvalue weighted by Gasteiger charge is 2.33. The topological polar surface area (TPSA) is 113 Å². The number of nitrogens with zero attached hydrogens (tertiary/aromatic N) is 4. The molecule has 3 heterocycles. The van der Waals surface area contributed by atoms with Crippen molar-refractivity contribution in [3.8, 4) is 11.6 Å². The third-order valence-electron chi connectivity index (χ3n) is 5.69. The molecule has 168 valence electrons. The molecule has 1 aliphatic rings. The molecule has 9 nitrogen and oxygen atoms in total. The van der Waals surface area contributed by atoms with Crippen LogP contribution in [0.1, 0.15) is 49.5 Å². The molecule has 2 aromatic heterocycles. The van der Waals surface area contributed by atoms with E-state index in [2.05, 4.69) is 15.2 Å².